The van der Waals surface area contributed by atoms with Gasteiger partial charge >= 0.3 is 17.8 Å². The summed E-state index contributed by atoms with van der Waals surface area (Å²) in [5.74, 6) is -1.83. The second-order valence-corrected chi connectivity index (χ2v) is 7.80. The van der Waals surface area contributed by atoms with E-state index in [1.807, 2.05) is 19.9 Å². The molecule has 2 atom stereocenters. The third-order valence-corrected chi connectivity index (χ3v) is 5.84. The van der Waals surface area contributed by atoms with Gasteiger partial charge in [-0.05, 0) is 37.8 Å². The highest BCUT2D eigenvalue weighted by Gasteiger charge is 2.49. The zero-order valence-corrected chi connectivity index (χ0v) is 14.6. The molecule has 0 bridgehead atoms. The van der Waals surface area contributed by atoms with E-state index in [-0.39, 0.29) is 24.3 Å². The van der Waals surface area contributed by atoms with Crippen LogP contribution in [0, 0.1) is 12.8 Å². The van der Waals surface area contributed by atoms with E-state index in [1.165, 1.54) is 11.3 Å². The SMILES string of the molecule is Cc1ccc(C(=O)CN2C(=O)C(=O)N([C@@H]3CCCC[C@@H]3C)C2=O)s1. The van der Waals surface area contributed by atoms with Gasteiger partial charge in [-0.2, -0.15) is 0 Å². The molecule has 1 saturated heterocycles. The van der Waals surface area contributed by atoms with E-state index < -0.39 is 17.8 Å². The lowest BCUT2D eigenvalue weighted by atomic mass is 9.85. The normalized spacial score (nSPS) is 24.8. The third-order valence-electron chi connectivity index (χ3n) is 4.80. The quantitative estimate of drug-likeness (QED) is 0.476. The van der Waals surface area contributed by atoms with Gasteiger partial charge in [0.2, 0.25) is 0 Å². The maximum absolute atomic E-state index is 12.6. The second kappa shape index (κ2) is 6.47. The van der Waals surface area contributed by atoms with Crippen LogP contribution in [-0.2, 0) is 9.59 Å². The first-order valence-corrected chi connectivity index (χ1v) is 9.00. The Kier molecular flexibility index (Phi) is 4.54. The van der Waals surface area contributed by atoms with E-state index in [0.29, 0.717) is 4.88 Å². The molecule has 3 rings (SSSR count). The number of imide groups is 2. The highest BCUT2D eigenvalue weighted by molar-refractivity contribution is 7.14. The fraction of sp³-hybridized carbons (Fsp3) is 0.529. The first-order valence-electron chi connectivity index (χ1n) is 8.19. The summed E-state index contributed by atoms with van der Waals surface area (Å²) in [6.45, 7) is 3.50. The van der Waals surface area contributed by atoms with Crippen molar-refractivity contribution in [3.8, 4) is 0 Å². The van der Waals surface area contributed by atoms with Crippen molar-refractivity contribution in [3.05, 3.63) is 21.9 Å². The Balaban J connectivity index is 1.77. The molecule has 24 heavy (non-hydrogen) atoms. The van der Waals surface area contributed by atoms with Gasteiger partial charge in [0.15, 0.2) is 5.78 Å². The first-order chi connectivity index (χ1) is 11.4. The Labute approximate surface area is 144 Å². The van der Waals surface area contributed by atoms with Crippen LogP contribution in [0.1, 0.15) is 47.2 Å². The molecule has 128 valence electrons. The van der Waals surface area contributed by atoms with Crippen LogP contribution in [0.3, 0.4) is 0 Å². The van der Waals surface area contributed by atoms with Crippen molar-refractivity contribution in [1.82, 2.24) is 9.80 Å². The van der Waals surface area contributed by atoms with E-state index in [9.17, 15) is 19.2 Å². The molecule has 6 nitrogen and oxygen atoms in total. The van der Waals surface area contributed by atoms with E-state index in [0.717, 1.165) is 40.4 Å². The minimum absolute atomic E-state index is 0.176. The van der Waals surface area contributed by atoms with Crippen LogP contribution in [0.15, 0.2) is 12.1 Å². The van der Waals surface area contributed by atoms with Crippen LogP contribution >= 0.6 is 11.3 Å². The molecule has 4 amide bonds. The zero-order chi connectivity index (χ0) is 17.4. The highest BCUT2D eigenvalue weighted by Crippen LogP contribution is 2.31. The molecular weight excluding hydrogens is 328 g/mol. The van der Waals surface area contributed by atoms with E-state index in [1.54, 1.807) is 6.07 Å². The van der Waals surface area contributed by atoms with Gasteiger partial charge in [-0.15, -0.1) is 11.3 Å². The first kappa shape index (κ1) is 16.8. The molecule has 0 unspecified atom stereocenters. The van der Waals surface area contributed by atoms with Gasteiger partial charge in [-0.25, -0.2) is 9.69 Å². The predicted molar refractivity (Wildman–Crippen MR) is 88.8 cm³/mol. The van der Waals surface area contributed by atoms with Crippen molar-refractivity contribution in [2.75, 3.05) is 6.54 Å². The van der Waals surface area contributed by atoms with Crippen molar-refractivity contribution >= 4 is 35.0 Å². The Bertz CT molecular complexity index is 711. The summed E-state index contributed by atoms with van der Waals surface area (Å²) >= 11 is 1.31. The molecule has 1 aromatic rings. The smallest absolute Gasteiger partial charge is 0.291 e. The maximum Gasteiger partial charge on any atom is 0.334 e. The van der Waals surface area contributed by atoms with Gasteiger partial charge in [0.05, 0.1) is 11.4 Å². The molecule has 0 radical (unpaired) electrons. The topological polar surface area (TPSA) is 74.8 Å². The Morgan fingerprint density at radius 1 is 1.17 bits per heavy atom. The zero-order valence-electron chi connectivity index (χ0n) is 13.8. The van der Waals surface area contributed by atoms with Gasteiger partial charge in [0, 0.05) is 10.9 Å². The van der Waals surface area contributed by atoms with Crippen molar-refractivity contribution in [3.63, 3.8) is 0 Å². The maximum atomic E-state index is 12.6. The minimum atomic E-state index is -0.889. The summed E-state index contributed by atoms with van der Waals surface area (Å²) in [7, 11) is 0. The van der Waals surface area contributed by atoms with Gasteiger partial charge < -0.3 is 0 Å². The largest absolute Gasteiger partial charge is 0.334 e. The number of rotatable bonds is 4. The molecule has 1 aromatic heterocycles. The lowest BCUT2D eigenvalue weighted by molar-refractivity contribution is -0.144. The summed E-state index contributed by atoms with van der Waals surface area (Å²) in [4.78, 5) is 52.8. The molecular formula is C17H20N2O4S. The van der Waals surface area contributed by atoms with Gasteiger partial charge in [-0.3, -0.25) is 19.3 Å². The van der Waals surface area contributed by atoms with E-state index in [4.69, 9.17) is 0 Å². The van der Waals surface area contributed by atoms with Crippen LogP contribution in [0.5, 0.6) is 0 Å². The molecule has 0 spiro atoms. The number of urea groups is 1. The van der Waals surface area contributed by atoms with Crippen molar-refractivity contribution in [1.29, 1.82) is 0 Å². The average Bonchev–Trinajstić information content (AvgIpc) is 3.07. The third kappa shape index (κ3) is 2.88. The summed E-state index contributed by atoms with van der Waals surface area (Å²) in [6.07, 6.45) is 3.66. The fourth-order valence-electron chi connectivity index (χ4n) is 3.44. The summed E-state index contributed by atoms with van der Waals surface area (Å²) in [6, 6.07) is 2.60. The number of carbonyl (C=O) groups is 4. The van der Waals surface area contributed by atoms with Crippen molar-refractivity contribution in [2.45, 2.75) is 45.6 Å². The van der Waals surface area contributed by atoms with E-state index >= 15 is 0 Å². The van der Waals surface area contributed by atoms with Crippen LogP contribution in [0.2, 0.25) is 0 Å². The number of hydrogen-bond acceptors (Lipinski definition) is 5. The Morgan fingerprint density at radius 2 is 1.88 bits per heavy atom. The lowest BCUT2D eigenvalue weighted by Gasteiger charge is -2.34. The molecule has 1 aliphatic heterocycles. The molecule has 7 heteroatoms. The van der Waals surface area contributed by atoms with E-state index in [2.05, 4.69) is 0 Å². The van der Waals surface area contributed by atoms with Gasteiger partial charge in [-0.1, -0.05) is 19.8 Å². The number of carbonyl (C=O) groups excluding carboxylic acids is 4. The van der Waals surface area contributed by atoms with Crippen LogP contribution in [0.25, 0.3) is 0 Å². The fourth-order valence-corrected chi connectivity index (χ4v) is 4.24. The number of nitrogens with zero attached hydrogens (tertiary/aromatic N) is 2. The monoisotopic (exact) mass is 348 g/mol. The van der Waals surface area contributed by atoms with Crippen LogP contribution in [-0.4, -0.2) is 46.0 Å². The number of ketones is 1. The Hall–Kier alpha value is -2.02. The second-order valence-electron chi connectivity index (χ2n) is 6.51. The molecule has 0 N–H and O–H groups in total. The predicted octanol–water partition coefficient (Wildman–Crippen LogP) is 2.61. The highest BCUT2D eigenvalue weighted by atomic mass is 32.1. The van der Waals surface area contributed by atoms with Gasteiger partial charge in [0.1, 0.15) is 0 Å². The van der Waals surface area contributed by atoms with Crippen LogP contribution in [0.4, 0.5) is 4.79 Å². The van der Waals surface area contributed by atoms with Crippen molar-refractivity contribution in [2.24, 2.45) is 5.92 Å². The number of Topliss-reactive ketones (excluding diaryl/α,β-unsaturated/α-hetero) is 1. The minimum Gasteiger partial charge on any atom is -0.291 e. The number of amides is 4. The molecule has 2 heterocycles. The number of aryl methyl sites for hydroxylation is 1. The molecule has 1 saturated carbocycles. The van der Waals surface area contributed by atoms with Crippen molar-refractivity contribution < 1.29 is 19.2 Å². The summed E-state index contributed by atoms with van der Waals surface area (Å²) in [5, 5.41) is 0. The molecule has 0 aromatic carbocycles. The molecule has 2 fully saturated rings. The number of hydrogen-bond donors (Lipinski definition) is 0. The van der Waals surface area contributed by atoms with Crippen LogP contribution < -0.4 is 0 Å². The molecule has 2 aliphatic rings. The lowest BCUT2D eigenvalue weighted by Crippen LogP contribution is -2.46. The number of thiophene rings is 1. The van der Waals surface area contributed by atoms with Gasteiger partial charge in [0.25, 0.3) is 0 Å². The summed E-state index contributed by atoms with van der Waals surface area (Å²) in [5.41, 5.74) is 0. The average molecular weight is 348 g/mol. The summed E-state index contributed by atoms with van der Waals surface area (Å²) < 4.78 is 0. The Morgan fingerprint density at radius 3 is 2.50 bits per heavy atom. The standard InChI is InChI=1S/C17H20N2O4S/c1-10-5-3-4-6-12(10)19-16(22)15(21)18(17(19)23)9-13(20)14-8-7-11(2)24-14/h7-8,10,12H,3-6,9H2,1-2H3/t10-,12+/m0/s1. The molecule has 1 aliphatic carbocycles.